The molecule has 5 nitrogen and oxygen atoms in total. The number of amides is 2. The first-order valence-corrected chi connectivity index (χ1v) is 7.82. The Morgan fingerprint density at radius 2 is 2.23 bits per heavy atom. The van der Waals surface area contributed by atoms with Crippen molar-refractivity contribution in [3.8, 4) is 0 Å². The van der Waals surface area contributed by atoms with Crippen molar-refractivity contribution in [2.45, 2.75) is 38.6 Å². The number of benzene rings is 1. The highest BCUT2D eigenvalue weighted by molar-refractivity contribution is 5.92. The lowest BCUT2D eigenvalue weighted by Gasteiger charge is -2.21. The van der Waals surface area contributed by atoms with Gasteiger partial charge in [-0.1, -0.05) is 11.6 Å². The molecule has 1 aliphatic carbocycles. The Labute approximate surface area is 130 Å². The van der Waals surface area contributed by atoms with E-state index in [0.717, 1.165) is 29.4 Å². The van der Waals surface area contributed by atoms with E-state index < -0.39 is 0 Å². The summed E-state index contributed by atoms with van der Waals surface area (Å²) in [5.41, 5.74) is 3.17. The maximum atomic E-state index is 12.1. The molecule has 1 aromatic heterocycles. The maximum Gasteiger partial charge on any atom is 0.319 e. The largest absolute Gasteiger partial charge is 0.332 e. The Bertz CT molecular complexity index is 717. The summed E-state index contributed by atoms with van der Waals surface area (Å²) in [6.45, 7) is 2.04. The first-order chi connectivity index (χ1) is 10.6. The van der Waals surface area contributed by atoms with Crippen LogP contribution < -0.4 is 10.6 Å². The molecule has 1 heterocycles. The van der Waals surface area contributed by atoms with Crippen LogP contribution in [-0.4, -0.2) is 21.9 Å². The second-order valence-electron chi connectivity index (χ2n) is 5.89. The molecular formula is C17H22N4O. The predicted octanol–water partition coefficient (Wildman–Crippen LogP) is 3.58. The van der Waals surface area contributed by atoms with Crippen molar-refractivity contribution in [2.24, 2.45) is 7.05 Å². The van der Waals surface area contributed by atoms with Crippen LogP contribution in [0.5, 0.6) is 0 Å². The lowest BCUT2D eigenvalue weighted by atomic mass is 9.95. The number of urea groups is 1. The molecule has 0 fully saturated rings. The molecule has 116 valence electrons. The number of nitrogens with one attached hydrogen (secondary N) is 2. The lowest BCUT2D eigenvalue weighted by molar-refractivity contribution is 0.250. The van der Waals surface area contributed by atoms with Crippen molar-refractivity contribution in [1.29, 1.82) is 0 Å². The Balaban J connectivity index is 1.63. The highest BCUT2D eigenvalue weighted by Crippen LogP contribution is 2.21. The van der Waals surface area contributed by atoms with Crippen LogP contribution in [0.3, 0.4) is 0 Å². The van der Waals surface area contributed by atoms with Gasteiger partial charge in [-0.2, -0.15) is 5.10 Å². The van der Waals surface area contributed by atoms with Crippen LogP contribution in [0, 0.1) is 0 Å². The van der Waals surface area contributed by atoms with Gasteiger partial charge in [-0.05, 0) is 50.8 Å². The summed E-state index contributed by atoms with van der Waals surface area (Å²) in [5, 5.41) is 11.1. The topological polar surface area (TPSA) is 59.0 Å². The molecule has 2 aromatic rings. The zero-order chi connectivity index (χ0) is 15.5. The third-order valence-corrected chi connectivity index (χ3v) is 4.23. The van der Waals surface area contributed by atoms with E-state index >= 15 is 0 Å². The van der Waals surface area contributed by atoms with E-state index in [1.165, 1.54) is 18.4 Å². The highest BCUT2D eigenvalue weighted by Gasteiger charge is 2.14. The third-order valence-electron chi connectivity index (χ3n) is 4.23. The summed E-state index contributed by atoms with van der Waals surface area (Å²) in [6, 6.07) is 5.72. The minimum absolute atomic E-state index is 0.0856. The third kappa shape index (κ3) is 3.13. The van der Waals surface area contributed by atoms with Crippen LogP contribution in [0.4, 0.5) is 10.5 Å². The number of allylic oxidation sites excluding steroid dienone is 1. The Morgan fingerprint density at radius 3 is 3.00 bits per heavy atom. The molecule has 5 heteroatoms. The van der Waals surface area contributed by atoms with Crippen LogP contribution in [0.2, 0.25) is 0 Å². The second kappa shape index (κ2) is 6.22. The second-order valence-corrected chi connectivity index (χ2v) is 5.89. The molecule has 0 bridgehead atoms. The van der Waals surface area contributed by atoms with E-state index in [4.69, 9.17) is 0 Å². The smallest absolute Gasteiger partial charge is 0.319 e. The van der Waals surface area contributed by atoms with Gasteiger partial charge in [-0.15, -0.1) is 0 Å². The minimum Gasteiger partial charge on any atom is -0.332 e. The molecule has 2 N–H and O–H groups in total. The average Bonchev–Trinajstić information content (AvgIpc) is 2.89. The van der Waals surface area contributed by atoms with E-state index in [9.17, 15) is 4.79 Å². The number of fused-ring (bicyclic) bond motifs is 1. The van der Waals surface area contributed by atoms with Crippen molar-refractivity contribution in [3.63, 3.8) is 0 Å². The highest BCUT2D eigenvalue weighted by atomic mass is 16.2. The van der Waals surface area contributed by atoms with E-state index in [1.54, 1.807) is 6.20 Å². The van der Waals surface area contributed by atoms with Gasteiger partial charge in [0.2, 0.25) is 0 Å². The molecule has 0 aliphatic heterocycles. The Kier molecular flexibility index (Phi) is 4.13. The van der Waals surface area contributed by atoms with Crippen LogP contribution in [0.1, 0.15) is 32.6 Å². The van der Waals surface area contributed by atoms with E-state index in [-0.39, 0.29) is 12.1 Å². The van der Waals surface area contributed by atoms with Crippen molar-refractivity contribution in [2.75, 3.05) is 5.32 Å². The summed E-state index contributed by atoms with van der Waals surface area (Å²) in [4.78, 5) is 12.1. The summed E-state index contributed by atoms with van der Waals surface area (Å²) in [7, 11) is 1.90. The molecule has 0 saturated heterocycles. The number of hydrogen-bond donors (Lipinski definition) is 2. The molecule has 0 unspecified atom stereocenters. The zero-order valence-electron chi connectivity index (χ0n) is 13.1. The van der Waals surface area contributed by atoms with Crippen molar-refractivity contribution < 1.29 is 4.79 Å². The maximum absolute atomic E-state index is 12.1. The van der Waals surface area contributed by atoms with E-state index in [1.807, 2.05) is 36.9 Å². The molecule has 0 radical (unpaired) electrons. The first-order valence-electron chi connectivity index (χ1n) is 7.82. The predicted molar refractivity (Wildman–Crippen MR) is 88.9 cm³/mol. The fourth-order valence-corrected chi connectivity index (χ4v) is 2.95. The summed E-state index contributed by atoms with van der Waals surface area (Å²) >= 11 is 0. The molecule has 0 saturated carbocycles. The van der Waals surface area contributed by atoms with Gasteiger partial charge in [0, 0.05) is 24.2 Å². The first kappa shape index (κ1) is 14.6. The number of anilines is 1. The normalized spacial score (nSPS) is 16.2. The minimum atomic E-state index is -0.165. The lowest BCUT2D eigenvalue weighted by Crippen LogP contribution is -2.37. The number of carbonyl (C=O) groups excluding carboxylic acids is 1. The number of aryl methyl sites for hydroxylation is 1. The summed E-state index contributed by atoms with van der Waals surface area (Å²) in [5.74, 6) is 0. The van der Waals surface area contributed by atoms with Gasteiger partial charge in [0.15, 0.2) is 0 Å². The van der Waals surface area contributed by atoms with E-state index in [2.05, 4.69) is 21.8 Å². The summed E-state index contributed by atoms with van der Waals surface area (Å²) < 4.78 is 1.82. The Morgan fingerprint density at radius 1 is 1.36 bits per heavy atom. The molecule has 1 atom stereocenters. The number of carbonyl (C=O) groups is 1. The van der Waals surface area contributed by atoms with Crippen molar-refractivity contribution in [1.82, 2.24) is 15.1 Å². The molecule has 0 spiro atoms. The van der Waals surface area contributed by atoms with Gasteiger partial charge in [0.1, 0.15) is 0 Å². The monoisotopic (exact) mass is 298 g/mol. The van der Waals surface area contributed by atoms with Gasteiger partial charge in [-0.3, -0.25) is 4.68 Å². The van der Waals surface area contributed by atoms with Gasteiger partial charge in [-0.25, -0.2) is 4.79 Å². The molecule has 2 amide bonds. The number of nitrogens with zero attached hydrogens (tertiary/aromatic N) is 2. The fourth-order valence-electron chi connectivity index (χ4n) is 2.95. The van der Waals surface area contributed by atoms with Gasteiger partial charge in [0.05, 0.1) is 11.7 Å². The van der Waals surface area contributed by atoms with E-state index in [0.29, 0.717) is 0 Å². The van der Waals surface area contributed by atoms with Crippen molar-refractivity contribution >= 4 is 22.6 Å². The number of aromatic nitrogens is 2. The zero-order valence-corrected chi connectivity index (χ0v) is 13.1. The number of rotatable bonds is 3. The Hall–Kier alpha value is -2.30. The number of hydrogen-bond acceptors (Lipinski definition) is 2. The van der Waals surface area contributed by atoms with Crippen LogP contribution in [0.15, 0.2) is 36.0 Å². The SMILES string of the molecule is C[C@H](NC(=O)Nc1ccc2c(cnn2C)c1)C1=CCCCC1. The summed E-state index contributed by atoms with van der Waals surface area (Å²) in [6.07, 6.45) is 8.75. The quantitative estimate of drug-likeness (QED) is 0.851. The molecular weight excluding hydrogens is 276 g/mol. The van der Waals surface area contributed by atoms with Crippen LogP contribution in [0.25, 0.3) is 10.9 Å². The van der Waals surface area contributed by atoms with Gasteiger partial charge < -0.3 is 10.6 Å². The average molecular weight is 298 g/mol. The van der Waals surface area contributed by atoms with Crippen molar-refractivity contribution in [3.05, 3.63) is 36.0 Å². The van der Waals surface area contributed by atoms with Crippen LogP contribution in [-0.2, 0) is 7.05 Å². The molecule has 1 aliphatic rings. The molecule has 3 rings (SSSR count). The standard InChI is InChI=1S/C17H22N4O/c1-12(13-6-4-3-5-7-13)19-17(22)20-15-8-9-16-14(10-15)11-18-21(16)2/h6,8-12H,3-5,7H2,1-2H3,(H2,19,20,22)/t12-/m0/s1. The van der Waals surface area contributed by atoms with Crippen LogP contribution >= 0.6 is 0 Å². The molecule has 22 heavy (non-hydrogen) atoms. The van der Waals surface area contributed by atoms with Gasteiger partial charge in [0.25, 0.3) is 0 Å². The van der Waals surface area contributed by atoms with Gasteiger partial charge >= 0.3 is 6.03 Å². The molecule has 1 aromatic carbocycles. The fraction of sp³-hybridized carbons (Fsp3) is 0.412.